The van der Waals surface area contributed by atoms with Crippen molar-refractivity contribution >= 4 is 5.69 Å². The highest BCUT2D eigenvalue weighted by Gasteiger charge is 2.21. The van der Waals surface area contributed by atoms with E-state index in [0.29, 0.717) is 12.5 Å². The van der Waals surface area contributed by atoms with E-state index in [1.807, 2.05) is 26.1 Å². The third-order valence-electron chi connectivity index (χ3n) is 3.58. The van der Waals surface area contributed by atoms with Crippen LogP contribution in [0.3, 0.4) is 0 Å². The first-order valence-electron chi connectivity index (χ1n) is 6.61. The Morgan fingerprint density at radius 2 is 1.74 bits per heavy atom. The Morgan fingerprint density at radius 3 is 2.16 bits per heavy atom. The zero-order chi connectivity index (χ0) is 14.6. The first-order valence-corrected chi connectivity index (χ1v) is 6.61. The maximum Gasteiger partial charge on any atom is 0.142 e. The fourth-order valence-electron chi connectivity index (χ4n) is 2.37. The molecule has 0 heterocycles. The summed E-state index contributed by atoms with van der Waals surface area (Å²) in [6.07, 6.45) is 0. The number of nitrogens with two attached hydrogens (primary N) is 1. The molecule has 0 fully saturated rings. The minimum Gasteiger partial charge on any atom is -0.496 e. The average molecular weight is 266 g/mol. The van der Waals surface area contributed by atoms with Gasteiger partial charge >= 0.3 is 0 Å². The van der Waals surface area contributed by atoms with Gasteiger partial charge in [-0.3, -0.25) is 0 Å². The van der Waals surface area contributed by atoms with Crippen LogP contribution >= 0.6 is 0 Å². The van der Waals surface area contributed by atoms with Gasteiger partial charge in [0.25, 0.3) is 0 Å². The third kappa shape index (κ3) is 3.32. The van der Waals surface area contributed by atoms with Gasteiger partial charge in [0.1, 0.15) is 11.5 Å². The molecule has 1 aromatic rings. The van der Waals surface area contributed by atoms with Crippen molar-refractivity contribution in [1.82, 2.24) is 0 Å². The zero-order valence-corrected chi connectivity index (χ0v) is 12.9. The normalized spacial score (nSPS) is 12.4. The molecule has 0 bridgehead atoms. The van der Waals surface area contributed by atoms with E-state index in [4.69, 9.17) is 15.2 Å². The highest BCUT2D eigenvalue weighted by atomic mass is 16.5. The van der Waals surface area contributed by atoms with Gasteiger partial charge in [0.05, 0.1) is 19.9 Å². The number of methoxy groups -OCH3 is 2. The van der Waals surface area contributed by atoms with Gasteiger partial charge in [-0.25, -0.2) is 0 Å². The second-order valence-electron chi connectivity index (χ2n) is 5.15. The highest BCUT2D eigenvalue weighted by molar-refractivity contribution is 5.64. The Labute approximate surface area is 116 Å². The molecule has 2 N–H and O–H groups in total. The van der Waals surface area contributed by atoms with E-state index in [1.54, 1.807) is 14.2 Å². The minimum absolute atomic E-state index is 0.265. The maximum atomic E-state index is 5.89. The Balaban J connectivity index is 3.23. The number of likely N-dealkylation sites (N-methyl/N-ethyl adjacent to an activating group) is 1. The van der Waals surface area contributed by atoms with Crippen LogP contribution in [0.1, 0.15) is 19.4 Å². The van der Waals surface area contributed by atoms with E-state index in [-0.39, 0.29) is 6.04 Å². The minimum atomic E-state index is 0.265. The van der Waals surface area contributed by atoms with Crippen molar-refractivity contribution in [3.63, 3.8) is 0 Å². The van der Waals surface area contributed by atoms with E-state index >= 15 is 0 Å². The molecule has 1 atom stereocenters. The highest BCUT2D eigenvalue weighted by Crippen LogP contribution is 2.36. The number of anilines is 1. The lowest BCUT2D eigenvalue weighted by Crippen LogP contribution is -2.42. The molecule has 0 aromatic heterocycles. The molecule has 0 amide bonds. The standard InChI is InChI=1S/C15H26N2O2/c1-10(2)13(9-16)17(4)12-8-14(18-5)11(3)7-15(12)19-6/h7-8,10,13H,9,16H2,1-6H3. The average Bonchev–Trinajstić information content (AvgIpc) is 2.38. The lowest BCUT2D eigenvalue weighted by Gasteiger charge is -2.33. The van der Waals surface area contributed by atoms with Crippen molar-refractivity contribution in [2.24, 2.45) is 11.7 Å². The predicted molar refractivity (Wildman–Crippen MR) is 80.4 cm³/mol. The van der Waals surface area contributed by atoms with Crippen LogP contribution in [0, 0.1) is 12.8 Å². The summed E-state index contributed by atoms with van der Waals surface area (Å²) in [5, 5.41) is 0. The van der Waals surface area contributed by atoms with E-state index < -0.39 is 0 Å². The second-order valence-corrected chi connectivity index (χ2v) is 5.15. The summed E-state index contributed by atoms with van der Waals surface area (Å²) in [5.74, 6) is 2.18. The fraction of sp³-hybridized carbons (Fsp3) is 0.600. The van der Waals surface area contributed by atoms with Crippen molar-refractivity contribution in [2.75, 3.05) is 32.7 Å². The summed E-state index contributed by atoms with van der Waals surface area (Å²) >= 11 is 0. The zero-order valence-electron chi connectivity index (χ0n) is 12.9. The van der Waals surface area contributed by atoms with Gasteiger partial charge in [-0.15, -0.1) is 0 Å². The van der Waals surface area contributed by atoms with Crippen molar-refractivity contribution < 1.29 is 9.47 Å². The molecule has 1 unspecified atom stereocenters. The van der Waals surface area contributed by atoms with E-state index in [2.05, 4.69) is 18.7 Å². The molecule has 0 spiro atoms. The van der Waals surface area contributed by atoms with Gasteiger partial charge in [-0.05, 0) is 24.5 Å². The van der Waals surface area contributed by atoms with Crippen LogP contribution in [0.4, 0.5) is 5.69 Å². The summed E-state index contributed by atoms with van der Waals surface area (Å²) in [7, 11) is 5.41. The van der Waals surface area contributed by atoms with E-state index in [1.165, 1.54) is 0 Å². The van der Waals surface area contributed by atoms with Gasteiger partial charge < -0.3 is 20.1 Å². The smallest absolute Gasteiger partial charge is 0.142 e. The molecule has 19 heavy (non-hydrogen) atoms. The van der Waals surface area contributed by atoms with Crippen LogP contribution in [0.25, 0.3) is 0 Å². The van der Waals surface area contributed by atoms with Crippen molar-refractivity contribution in [1.29, 1.82) is 0 Å². The number of ether oxygens (including phenoxy) is 2. The molecule has 0 radical (unpaired) electrons. The fourth-order valence-corrected chi connectivity index (χ4v) is 2.37. The summed E-state index contributed by atoms with van der Waals surface area (Å²) in [6, 6.07) is 4.28. The maximum absolute atomic E-state index is 5.89. The Kier molecular flexibility index (Phi) is 5.48. The summed E-state index contributed by atoms with van der Waals surface area (Å²) in [5.41, 5.74) is 7.96. The molecule has 0 aliphatic heterocycles. The SMILES string of the molecule is COc1cc(N(C)C(CN)C(C)C)c(OC)cc1C. The molecular formula is C15H26N2O2. The molecule has 1 rings (SSSR count). The van der Waals surface area contributed by atoms with Crippen LogP contribution in [-0.2, 0) is 0 Å². The summed E-state index contributed by atoms with van der Waals surface area (Å²) in [4.78, 5) is 2.17. The third-order valence-corrected chi connectivity index (χ3v) is 3.58. The first-order chi connectivity index (χ1) is 8.96. The lowest BCUT2D eigenvalue weighted by molar-refractivity contribution is 0.396. The quantitative estimate of drug-likeness (QED) is 0.859. The topological polar surface area (TPSA) is 47.7 Å². The van der Waals surface area contributed by atoms with Crippen LogP contribution in [0.15, 0.2) is 12.1 Å². The Bertz CT molecular complexity index is 419. The first kappa shape index (κ1) is 15.6. The van der Waals surface area contributed by atoms with Crippen LogP contribution in [0.2, 0.25) is 0 Å². The van der Waals surface area contributed by atoms with Gasteiger partial charge in [0.2, 0.25) is 0 Å². The summed E-state index contributed by atoms with van der Waals surface area (Å²) in [6.45, 7) is 6.96. The van der Waals surface area contributed by atoms with Gasteiger partial charge in [0.15, 0.2) is 0 Å². The van der Waals surface area contributed by atoms with Crippen molar-refractivity contribution in [3.05, 3.63) is 17.7 Å². The molecule has 0 saturated heterocycles. The van der Waals surface area contributed by atoms with E-state index in [9.17, 15) is 0 Å². The lowest BCUT2D eigenvalue weighted by atomic mass is 10.0. The molecule has 1 aromatic carbocycles. The van der Waals surface area contributed by atoms with Gasteiger partial charge in [0, 0.05) is 25.7 Å². The van der Waals surface area contributed by atoms with Gasteiger partial charge in [-0.2, -0.15) is 0 Å². The predicted octanol–water partition coefficient (Wildman–Crippen LogP) is 2.43. The largest absolute Gasteiger partial charge is 0.496 e. The molecule has 0 aliphatic rings. The molecule has 0 saturated carbocycles. The number of hydrogen-bond donors (Lipinski definition) is 1. The molecule has 108 valence electrons. The van der Waals surface area contributed by atoms with Gasteiger partial charge in [-0.1, -0.05) is 13.8 Å². The monoisotopic (exact) mass is 266 g/mol. The van der Waals surface area contributed by atoms with Crippen molar-refractivity contribution in [2.45, 2.75) is 26.8 Å². The Morgan fingerprint density at radius 1 is 1.16 bits per heavy atom. The molecule has 4 nitrogen and oxygen atoms in total. The van der Waals surface area contributed by atoms with Crippen molar-refractivity contribution in [3.8, 4) is 11.5 Å². The van der Waals surface area contributed by atoms with Crippen LogP contribution in [-0.4, -0.2) is 33.9 Å². The van der Waals surface area contributed by atoms with E-state index in [0.717, 1.165) is 22.7 Å². The van der Waals surface area contributed by atoms with Crippen LogP contribution in [0.5, 0.6) is 11.5 Å². The number of hydrogen-bond acceptors (Lipinski definition) is 4. The number of benzene rings is 1. The van der Waals surface area contributed by atoms with Crippen LogP contribution < -0.4 is 20.1 Å². The number of rotatable bonds is 6. The molecule has 4 heteroatoms. The summed E-state index contributed by atoms with van der Waals surface area (Å²) < 4.78 is 10.9. The molecule has 0 aliphatic carbocycles. The molecular weight excluding hydrogens is 240 g/mol. The second kappa shape index (κ2) is 6.66. The Hall–Kier alpha value is -1.42. The number of nitrogens with zero attached hydrogens (tertiary/aromatic N) is 1. The number of aryl methyl sites for hydroxylation is 1.